The van der Waals surface area contributed by atoms with Gasteiger partial charge in [-0.1, -0.05) is 0 Å². The molecule has 0 aromatic heterocycles. The molecule has 0 atom stereocenters. The highest BCUT2D eigenvalue weighted by molar-refractivity contribution is 7.89. The summed E-state index contributed by atoms with van der Waals surface area (Å²) in [6, 6.07) is 3.43. The third kappa shape index (κ3) is 7.95. The van der Waals surface area contributed by atoms with E-state index in [2.05, 4.69) is 19.0 Å². The standard InChI is InChI=1S/C24H41N3O5S/c1-19-16-22(31-6)17-20(2)24(19)33(29,30)26(5)14-15-32-18-23(28)27-12-9-21(10-13-27)8-7-11-25(3)4/h16-17,21H,7-15,18H2,1-6H3. The van der Waals surface area contributed by atoms with Crippen LogP contribution in [-0.2, 0) is 19.6 Å². The lowest BCUT2D eigenvalue weighted by Crippen LogP contribution is -2.41. The Hall–Kier alpha value is -1.68. The highest BCUT2D eigenvalue weighted by Crippen LogP contribution is 2.27. The van der Waals surface area contributed by atoms with Gasteiger partial charge in [-0.3, -0.25) is 4.79 Å². The first-order valence-corrected chi connectivity index (χ1v) is 13.1. The molecule has 1 aromatic rings. The third-order valence-corrected chi connectivity index (χ3v) is 8.46. The molecule has 8 nitrogen and oxygen atoms in total. The molecule has 0 N–H and O–H groups in total. The van der Waals surface area contributed by atoms with Gasteiger partial charge in [0.15, 0.2) is 0 Å². The van der Waals surface area contributed by atoms with Crippen LogP contribution < -0.4 is 4.74 Å². The Morgan fingerprint density at radius 1 is 1.09 bits per heavy atom. The Morgan fingerprint density at radius 3 is 2.24 bits per heavy atom. The number of rotatable bonds is 12. The van der Waals surface area contributed by atoms with Crippen molar-refractivity contribution in [1.82, 2.24) is 14.1 Å². The lowest BCUT2D eigenvalue weighted by molar-refractivity contribution is -0.137. The summed E-state index contributed by atoms with van der Waals surface area (Å²) in [7, 11) is 3.61. The SMILES string of the molecule is COc1cc(C)c(S(=O)(=O)N(C)CCOCC(=O)N2CCC(CCCN(C)C)CC2)c(C)c1. The predicted molar refractivity (Wildman–Crippen MR) is 130 cm³/mol. The first-order chi connectivity index (χ1) is 15.6. The van der Waals surface area contributed by atoms with E-state index in [1.165, 1.54) is 24.2 Å². The van der Waals surface area contributed by atoms with Crippen molar-refractivity contribution in [3.63, 3.8) is 0 Å². The number of hydrogen-bond donors (Lipinski definition) is 0. The summed E-state index contributed by atoms with van der Waals surface area (Å²) in [5, 5.41) is 0. The molecular weight excluding hydrogens is 442 g/mol. The number of likely N-dealkylation sites (tertiary alicyclic amines) is 1. The van der Waals surface area contributed by atoms with Gasteiger partial charge in [0.2, 0.25) is 15.9 Å². The van der Waals surface area contributed by atoms with E-state index < -0.39 is 10.0 Å². The molecule has 9 heteroatoms. The number of sulfonamides is 1. The quantitative estimate of drug-likeness (QED) is 0.425. The summed E-state index contributed by atoms with van der Waals surface area (Å²) in [6.07, 6.45) is 4.49. The maximum Gasteiger partial charge on any atom is 0.248 e. The molecule has 1 saturated heterocycles. The van der Waals surface area contributed by atoms with Gasteiger partial charge >= 0.3 is 0 Å². The number of aryl methyl sites for hydroxylation is 2. The zero-order valence-corrected chi connectivity index (χ0v) is 21.9. The monoisotopic (exact) mass is 483 g/mol. The van der Waals surface area contributed by atoms with Crippen LogP contribution in [0.5, 0.6) is 5.75 Å². The van der Waals surface area contributed by atoms with E-state index in [0.717, 1.165) is 32.5 Å². The summed E-state index contributed by atoms with van der Waals surface area (Å²) in [4.78, 5) is 16.8. The number of hydrogen-bond acceptors (Lipinski definition) is 6. The van der Waals surface area contributed by atoms with Gasteiger partial charge in [-0.25, -0.2) is 8.42 Å². The maximum absolute atomic E-state index is 13.0. The van der Waals surface area contributed by atoms with Crippen LogP contribution in [0.4, 0.5) is 0 Å². The molecule has 0 radical (unpaired) electrons. The van der Waals surface area contributed by atoms with E-state index in [1.807, 2.05) is 4.90 Å². The molecule has 0 spiro atoms. The number of benzene rings is 1. The number of methoxy groups -OCH3 is 1. The van der Waals surface area contributed by atoms with E-state index >= 15 is 0 Å². The average Bonchev–Trinajstić information content (AvgIpc) is 2.75. The molecule has 0 aliphatic carbocycles. The third-order valence-electron chi connectivity index (χ3n) is 6.30. The smallest absolute Gasteiger partial charge is 0.248 e. The highest BCUT2D eigenvalue weighted by Gasteiger charge is 2.26. The summed E-state index contributed by atoms with van der Waals surface area (Å²) >= 11 is 0. The molecule has 1 aliphatic rings. The van der Waals surface area contributed by atoms with Crippen molar-refractivity contribution in [1.29, 1.82) is 0 Å². The van der Waals surface area contributed by atoms with E-state index in [1.54, 1.807) is 33.1 Å². The second-order valence-corrected chi connectivity index (χ2v) is 11.2. The lowest BCUT2D eigenvalue weighted by atomic mass is 9.92. The summed E-state index contributed by atoms with van der Waals surface area (Å²) in [6.45, 7) is 6.51. The Kier molecular flexibility index (Phi) is 10.6. The Morgan fingerprint density at radius 2 is 1.70 bits per heavy atom. The summed E-state index contributed by atoms with van der Waals surface area (Å²) in [5.74, 6) is 1.30. The van der Waals surface area contributed by atoms with Crippen molar-refractivity contribution >= 4 is 15.9 Å². The van der Waals surface area contributed by atoms with Crippen molar-refractivity contribution in [2.75, 3.05) is 67.6 Å². The second-order valence-electron chi connectivity index (χ2n) is 9.24. The topological polar surface area (TPSA) is 79.4 Å². The molecule has 2 rings (SSSR count). The largest absolute Gasteiger partial charge is 0.497 e. The van der Waals surface area contributed by atoms with Crippen LogP contribution in [-0.4, -0.2) is 96.1 Å². The fourth-order valence-corrected chi connectivity index (χ4v) is 5.88. The van der Waals surface area contributed by atoms with Gasteiger partial charge in [-0.05, 0) is 89.3 Å². The number of piperidine rings is 1. The zero-order chi connectivity index (χ0) is 24.6. The first kappa shape index (κ1) is 27.6. The van der Waals surface area contributed by atoms with Crippen LogP contribution in [0.15, 0.2) is 17.0 Å². The Balaban J connectivity index is 1.76. The molecule has 188 valence electrons. The molecule has 1 aliphatic heterocycles. The van der Waals surface area contributed by atoms with Crippen molar-refractivity contribution in [2.24, 2.45) is 5.92 Å². The maximum atomic E-state index is 13.0. The van der Waals surface area contributed by atoms with Crippen LogP contribution in [0.25, 0.3) is 0 Å². The van der Waals surface area contributed by atoms with E-state index in [0.29, 0.717) is 22.8 Å². The number of likely N-dealkylation sites (N-methyl/N-ethyl adjacent to an activating group) is 1. The molecule has 1 heterocycles. The normalized spacial score (nSPS) is 15.5. The number of amides is 1. The van der Waals surface area contributed by atoms with Crippen molar-refractivity contribution < 1.29 is 22.7 Å². The Bertz CT molecular complexity index is 857. The van der Waals surface area contributed by atoms with E-state index in [-0.39, 0.29) is 30.6 Å². The minimum atomic E-state index is -3.67. The van der Waals surface area contributed by atoms with E-state index in [4.69, 9.17) is 9.47 Å². The molecule has 0 unspecified atom stereocenters. The zero-order valence-electron chi connectivity index (χ0n) is 21.1. The predicted octanol–water partition coefficient (Wildman–Crippen LogP) is 2.53. The molecule has 1 fully saturated rings. The number of ether oxygens (including phenoxy) is 2. The molecule has 1 aromatic carbocycles. The molecule has 0 saturated carbocycles. The number of nitrogens with zero attached hydrogens (tertiary/aromatic N) is 3. The van der Waals surface area contributed by atoms with Crippen molar-refractivity contribution in [3.05, 3.63) is 23.3 Å². The van der Waals surface area contributed by atoms with Crippen molar-refractivity contribution in [2.45, 2.75) is 44.4 Å². The molecule has 1 amide bonds. The van der Waals surface area contributed by atoms with E-state index in [9.17, 15) is 13.2 Å². The fourth-order valence-electron chi connectivity index (χ4n) is 4.32. The van der Waals surface area contributed by atoms with Gasteiger partial charge in [0.25, 0.3) is 0 Å². The van der Waals surface area contributed by atoms with Gasteiger partial charge in [0.05, 0.1) is 18.6 Å². The van der Waals surface area contributed by atoms with Gasteiger partial charge in [-0.15, -0.1) is 0 Å². The van der Waals surface area contributed by atoms with Gasteiger partial charge in [-0.2, -0.15) is 4.31 Å². The first-order valence-electron chi connectivity index (χ1n) is 11.7. The molecule has 33 heavy (non-hydrogen) atoms. The van der Waals surface area contributed by atoms with Gasteiger partial charge in [0, 0.05) is 26.7 Å². The number of carbonyl (C=O) groups is 1. The van der Waals surface area contributed by atoms with Crippen LogP contribution in [0.1, 0.15) is 36.8 Å². The van der Waals surface area contributed by atoms with Crippen LogP contribution in [0.3, 0.4) is 0 Å². The minimum absolute atomic E-state index is 0.0141. The van der Waals surface area contributed by atoms with Crippen molar-refractivity contribution in [3.8, 4) is 5.75 Å². The second kappa shape index (κ2) is 12.7. The lowest BCUT2D eigenvalue weighted by Gasteiger charge is -2.32. The average molecular weight is 484 g/mol. The fraction of sp³-hybridized carbons (Fsp3) is 0.708. The highest BCUT2D eigenvalue weighted by atomic mass is 32.2. The van der Waals surface area contributed by atoms with Gasteiger partial charge in [0.1, 0.15) is 12.4 Å². The van der Waals surface area contributed by atoms with Crippen LogP contribution in [0, 0.1) is 19.8 Å². The van der Waals surface area contributed by atoms with Crippen LogP contribution >= 0.6 is 0 Å². The minimum Gasteiger partial charge on any atom is -0.497 e. The Labute approximate surface area is 199 Å². The summed E-state index contributed by atoms with van der Waals surface area (Å²) < 4.78 is 38.1. The molecule has 0 bridgehead atoms. The summed E-state index contributed by atoms with van der Waals surface area (Å²) in [5.41, 5.74) is 1.28. The van der Waals surface area contributed by atoms with Gasteiger partial charge < -0.3 is 19.3 Å². The number of carbonyl (C=O) groups excluding carboxylic acids is 1. The molecular formula is C24H41N3O5S. The van der Waals surface area contributed by atoms with Crippen LogP contribution in [0.2, 0.25) is 0 Å².